The minimum atomic E-state index is -1.52. The fourth-order valence-corrected chi connectivity index (χ4v) is 1.79. The van der Waals surface area contributed by atoms with Crippen molar-refractivity contribution in [2.45, 2.75) is 18.6 Å². The van der Waals surface area contributed by atoms with Crippen molar-refractivity contribution in [2.75, 3.05) is 6.61 Å². The summed E-state index contributed by atoms with van der Waals surface area (Å²) in [6.07, 6.45) is -1.75. The van der Waals surface area contributed by atoms with Gasteiger partial charge in [0, 0.05) is 0 Å². The number of hydrogen-bond acceptors (Lipinski definition) is 5. The first-order chi connectivity index (χ1) is 9.97. The monoisotopic (exact) mass is 295 g/mol. The highest BCUT2D eigenvalue weighted by molar-refractivity contribution is 5.89. The van der Waals surface area contributed by atoms with Crippen molar-refractivity contribution >= 4 is 17.8 Å². The average molecular weight is 295 g/mol. The molecule has 1 aliphatic heterocycles. The lowest BCUT2D eigenvalue weighted by atomic mass is 10.2. The van der Waals surface area contributed by atoms with Crippen LogP contribution >= 0.6 is 0 Å². The van der Waals surface area contributed by atoms with E-state index in [1.54, 1.807) is 24.3 Å². The van der Waals surface area contributed by atoms with Gasteiger partial charge in [0.2, 0.25) is 6.10 Å². The molecule has 1 aromatic rings. The Bertz CT molecular complexity index is 571. The van der Waals surface area contributed by atoms with Crippen LogP contribution in [-0.4, -0.2) is 46.8 Å². The topological polar surface area (TPSA) is 122 Å². The van der Waals surface area contributed by atoms with Gasteiger partial charge in [-0.25, -0.2) is 4.79 Å². The Morgan fingerprint density at radius 2 is 1.90 bits per heavy atom. The first-order valence-electron chi connectivity index (χ1n) is 6.11. The second kappa shape index (κ2) is 6.12. The zero-order valence-corrected chi connectivity index (χ0v) is 10.8. The van der Waals surface area contributed by atoms with E-state index in [2.05, 4.69) is 5.32 Å². The third-order valence-electron chi connectivity index (χ3n) is 2.79. The molecule has 112 valence electrons. The van der Waals surface area contributed by atoms with Crippen molar-refractivity contribution in [3.8, 4) is 11.5 Å². The van der Waals surface area contributed by atoms with Crippen LogP contribution in [0.3, 0.4) is 0 Å². The van der Waals surface area contributed by atoms with Crippen LogP contribution in [0.2, 0.25) is 0 Å². The van der Waals surface area contributed by atoms with Gasteiger partial charge in [0.05, 0.1) is 6.42 Å². The molecular formula is C13H13NO7. The summed E-state index contributed by atoms with van der Waals surface area (Å²) in [6.45, 7) is -0.0811. The molecule has 1 heterocycles. The maximum absolute atomic E-state index is 11.9. The molecule has 0 radical (unpaired) electrons. The Morgan fingerprint density at radius 1 is 1.24 bits per heavy atom. The average Bonchev–Trinajstić information content (AvgIpc) is 2.45. The molecule has 0 fully saturated rings. The number of ether oxygens (including phenoxy) is 2. The van der Waals surface area contributed by atoms with E-state index in [1.807, 2.05) is 0 Å². The molecule has 1 aliphatic rings. The molecular weight excluding hydrogens is 282 g/mol. The van der Waals surface area contributed by atoms with Crippen molar-refractivity contribution in [1.82, 2.24) is 5.32 Å². The molecule has 21 heavy (non-hydrogen) atoms. The van der Waals surface area contributed by atoms with Gasteiger partial charge in [-0.3, -0.25) is 9.59 Å². The smallest absolute Gasteiger partial charge is 0.326 e. The van der Waals surface area contributed by atoms with Gasteiger partial charge in [-0.05, 0) is 12.1 Å². The summed E-state index contributed by atoms with van der Waals surface area (Å²) in [7, 11) is 0. The lowest BCUT2D eigenvalue weighted by Crippen LogP contribution is -2.50. The molecule has 0 spiro atoms. The molecule has 8 nitrogen and oxygen atoms in total. The maximum atomic E-state index is 11.9. The summed E-state index contributed by atoms with van der Waals surface area (Å²) in [5.74, 6) is -2.63. The fraction of sp³-hybridized carbons (Fsp3) is 0.308. The molecule has 2 atom stereocenters. The first-order valence-corrected chi connectivity index (χ1v) is 6.11. The molecule has 0 saturated heterocycles. The number of carbonyl (C=O) groups excluding carboxylic acids is 1. The second-order valence-corrected chi connectivity index (χ2v) is 4.36. The first kappa shape index (κ1) is 14.6. The number of benzene rings is 1. The molecule has 8 heteroatoms. The van der Waals surface area contributed by atoms with E-state index in [0.29, 0.717) is 11.5 Å². The van der Waals surface area contributed by atoms with E-state index in [-0.39, 0.29) is 6.61 Å². The third-order valence-corrected chi connectivity index (χ3v) is 2.79. The number of para-hydroxylation sites is 2. The second-order valence-electron chi connectivity index (χ2n) is 4.36. The minimum absolute atomic E-state index is 0.0811. The van der Waals surface area contributed by atoms with E-state index in [1.165, 1.54) is 0 Å². The van der Waals surface area contributed by atoms with Gasteiger partial charge in [0.25, 0.3) is 5.91 Å². The minimum Gasteiger partial charge on any atom is -0.485 e. The van der Waals surface area contributed by atoms with Gasteiger partial charge in [0.1, 0.15) is 12.6 Å². The Morgan fingerprint density at radius 3 is 2.52 bits per heavy atom. The van der Waals surface area contributed by atoms with Crippen molar-refractivity contribution in [2.24, 2.45) is 0 Å². The number of carbonyl (C=O) groups is 3. The van der Waals surface area contributed by atoms with Crippen LogP contribution in [0.1, 0.15) is 6.42 Å². The molecule has 1 unspecified atom stereocenters. The lowest BCUT2D eigenvalue weighted by Gasteiger charge is -2.26. The molecule has 1 aromatic carbocycles. The van der Waals surface area contributed by atoms with E-state index < -0.39 is 36.4 Å². The summed E-state index contributed by atoms with van der Waals surface area (Å²) < 4.78 is 10.7. The molecule has 1 amide bonds. The third kappa shape index (κ3) is 3.62. The van der Waals surface area contributed by atoms with Crippen LogP contribution in [0.25, 0.3) is 0 Å². The van der Waals surface area contributed by atoms with Crippen LogP contribution in [0.4, 0.5) is 0 Å². The number of amides is 1. The number of carboxylic acid groups (broad SMARTS) is 2. The SMILES string of the molecule is O=C(O)C[C@@H](NC(=O)C1COc2ccccc2O1)C(=O)O. The molecule has 0 saturated carbocycles. The van der Waals surface area contributed by atoms with Crippen LogP contribution in [0, 0.1) is 0 Å². The Balaban J connectivity index is 2.01. The Kier molecular flexibility index (Phi) is 4.27. The predicted molar refractivity (Wildman–Crippen MR) is 68.2 cm³/mol. The van der Waals surface area contributed by atoms with Gasteiger partial charge in [-0.15, -0.1) is 0 Å². The van der Waals surface area contributed by atoms with Crippen LogP contribution < -0.4 is 14.8 Å². The summed E-state index contributed by atoms with van der Waals surface area (Å²) in [5.41, 5.74) is 0. The zero-order chi connectivity index (χ0) is 15.4. The highest BCUT2D eigenvalue weighted by Crippen LogP contribution is 2.30. The van der Waals surface area contributed by atoms with E-state index in [9.17, 15) is 14.4 Å². The molecule has 2 rings (SSSR count). The van der Waals surface area contributed by atoms with Crippen LogP contribution in [-0.2, 0) is 14.4 Å². The summed E-state index contributed by atoms with van der Waals surface area (Å²) >= 11 is 0. The predicted octanol–water partition coefficient (Wildman–Crippen LogP) is -0.129. The molecule has 0 aliphatic carbocycles. The summed E-state index contributed by atoms with van der Waals surface area (Å²) in [6, 6.07) is 5.22. The number of aliphatic carboxylic acids is 2. The van der Waals surface area contributed by atoms with Crippen LogP contribution in [0.5, 0.6) is 11.5 Å². The molecule has 0 bridgehead atoms. The van der Waals surface area contributed by atoms with Crippen molar-refractivity contribution in [3.05, 3.63) is 24.3 Å². The number of hydrogen-bond donors (Lipinski definition) is 3. The highest BCUT2D eigenvalue weighted by atomic mass is 16.6. The summed E-state index contributed by atoms with van der Waals surface area (Å²) in [4.78, 5) is 33.4. The van der Waals surface area contributed by atoms with Crippen molar-refractivity contribution in [1.29, 1.82) is 0 Å². The Labute approximate surface area is 119 Å². The standard InChI is InChI=1S/C13H13NO7/c15-11(16)5-7(13(18)19)14-12(17)10-6-20-8-3-1-2-4-9(8)21-10/h1-4,7,10H,5-6H2,(H,14,17)(H,15,16)(H,18,19)/t7-,10?/m1/s1. The van der Waals surface area contributed by atoms with Crippen molar-refractivity contribution in [3.63, 3.8) is 0 Å². The van der Waals surface area contributed by atoms with Gasteiger partial charge in [-0.2, -0.15) is 0 Å². The maximum Gasteiger partial charge on any atom is 0.326 e. The fourth-order valence-electron chi connectivity index (χ4n) is 1.79. The van der Waals surface area contributed by atoms with Gasteiger partial charge < -0.3 is 25.0 Å². The zero-order valence-electron chi connectivity index (χ0n) is 10.8. The van der Waals surface area contributed by atoms with Gasteiger partial charge >= 0.3 is 11.9 Å². The van der Waals surface area contributed by atoms with Crippen molar-refractivity contribution < 1.29 is 34.1 Å². The van der Waals surface area contributed by atoms with E-state index in [4.69, 9.17) is 19.7 Å². The number of nitrogens with one attached hydrogen (secondary N) is 1. The summed E-state index contributed by atoms with van der Waals surface area (Å²) in [5, 5.41) is 19.6. The Hall–Kier alpha value is -2.77. The number of fused-ring (bicyclic) bond motifs is 1. The van der Waals surface area contributed by atoms with E-state index in [0.717, 1.165) is 0 Å². The highest BCUT2D eigenvalue weighted by Gasteiger charge is 2.31. The largest absolute Gasteiger partial charge is 0.485 e. The van der Waals surface area contributed by atoms with Gasteiger partial charge in [-0.1, -0.05) is 12.1 Å². The van der Waals surface area contributed by atoms with Crippen LogP contribution in [0.15, 0.2) is 24.3 Å². The van der Waals surface area contributed by atoms with E-state index >= 15 is 0 Å². The van der Waals surface area contributed by atoms with Gasteiger partial charge in [0.15, 0.2) is 11.5 Å². The molecule has 0 aromatic heterocycles. The quantitative estimate of drug-likeness (QED) is 0.691. The number of rotatable bonds is 5. The number of carboxylic acids is 2. The molecule has 3 N–H and O–H groups in total. The lowest BCUT2D eigenvalue weighted by molar-refractivity contribution is -0.148. The normalized spacial score (nSPS) is 17.6.